The Hall–Kier alpha value is -1.83. The third-order valence-electron chi connectivity index (χ3n) is 2.55. The summed E-state index contributed by atoms with van der Waals surface area (Å²) >= 11 is 1.39. The van der Waals surface area contributed by atoms with E-state index < -0.39 is 0 Å². The molecular formula is C11H10N4O2S. The third-order valence-corrected chi connectivity index (χ3v) is 3.50. The molecular weight excluding hydrogens is 252 g/mol. The largest absolute Gasteiger partial charge is 0.392 e. The van der Waals surface area contributed by atoms with Crippen molar-refractivity contribution in [1.29, 1.82) is 0 Å². The van der Waals surface area contributed by atoms with Gasteiger partial charge in [0.1, 0.15) is 11.6 Å². The Balaban J connectivity index is 2.10. The monoisotopic (exact) mass is 262 g/mol. The van der Waals surface area contributed by atoms with E-state index in [4.69, 9.17) is 10.2 Å². The lowest BCUT2D eigenvalue weighted by molar-refractivity contribution is 0.268. The van der Waals surface area contributed by atoms with Crippen LogP contribution in [-0.2, 0) is 13.2 Å². The molecule has 0 bridgehead atoms. The Morgan fingerprint density at radius 1 is 1.17 bits per heavy atom. The van der Waals surface area contributed by atoms with E-state index in [9.17, 15) is 0 Å². The maximum Gasteiger partial charge on any atom is 0.235 e. The van der Waals surface area contributed by atoms with Crippen molar-refractivity contribution in [3.8, 4) is 10.6 Å². The van der Waals surface area contributed by atoms with E-state index in [1.54, 1.807) is 0 Å². The third kappa shape index (κ3) is 1.78. The first-order valence-electron chi connectivity index (χ1n) is 5.34. The lowest BCUT2D eigenvalue weighted by Gasteiger charge is -1.98. The van der Waals surface area contributed by atoms with E-state index in [2.05, 4.69) is 15.3 Å². The predicted molar refractivity (Wildman–Crippen MR) is 65.9 cm³/mol. The van der Waals surface area contributed by atoms with Gasteiger partial charge in [-0.05, 0) is 11.6 Å². The van der Waals surface area contributed by atoms with Crippen molar-refractivity contribution >= 4 is 16.3 Å². The summed E-state index contributed by atoms with van der Waals surface area (Å²) in [7, 11) is 0. The first-order chi connectivity index (χ1) is 8.81. The Morgan fingerprint density at radius 2 is 2.06 bits per heavy atom. The molecule has 2 heterocycles. The Kier molecular flexibility index (Phi) is 2.78. The molecule has 0 aliphatic rings. The molecule has 0 aliphatic heterocycles. The molecule has 2 aromatic heterocycles. The van der Waals surface area contributed by atoms with E-state index in [1.165, 1.54) is 15.9 Å². The minimum Gasteiger partial charge on any atom is -0.392 e. The number of aliphatic hydroxyl groups is 2. The minimum atomic E-state index is -0.193. The number of benzene rings is 1. The summed E-state index contributed by atoms with van der Waals surface area (Å²) in [4.78, 5) is 0.642. The second-order valence-electron chi connectivity index (χ2n) is 3.73. The average molecular weight is 262 g/mol. The van der Waals surface area contributed by atoms with Crippen molar-refractivity contribution in [2.24, 2.45) is 0 Å². The topological polar surface area (TPSA) is 83.5 Å². The number of hydrogen-bond acceptors (Lipinski definition) is 6. The van der Waals surface area contributed by atoms with Gasteiger partial charge in [0.25, 0.3) is 0 Å². The number of rotatable bonds is 3. The van der Waals surface area contributed by atoms with Crippen LogP contribution in [0.5, 0.6) is 0 Å². The van der Waals surface area contributed by atoms with Crippen molar-refractivity contribution < 1.29 is 10.2 Å². The molecule has 0 radical (unpaired) electrons. The molecule has 0 fully saturated rings. The highest BCUT2D eigenvalue weighted by Crippen LogP contribution is 2.26. The van der Waals surface area contributed by atoms with Gasteiger partial charge < -0.3 is 10.2 Å². The zero-order valence-corrected chi connectivity index (χ0v) is 10.1. The maximum atomic E-state index is 9.11. The Labute approximate surface area is 106 Å². The highest BCUT2D eigenvalue weighted by Gasteiger charge is 2.12. The van der Waals surface area contributed by atoms with Crippen LogP contribution in [0.4, 0.5) is 0 Å². The van der Waals surface area contributed by atoms with Crippen molar-refractivity contribution in [3.05, 3.63) is 35.7 Å². The van der Waals surface area contributed by atoms with Gasteiger partial charge in [-0.1, -0.05) is 29.5 Å². The lowest BCUT2D eigenvalue weighted by atomic mass is 10.1. The number of nitrogens with zero attached hydrogens (tertiary/aromatic N) is 4. The van der Waals surface area contributed by atoms with Crippen molar-refractivity contribution in [2.75, 3.05) is 0 Å². The molecule has 3 aromatic rings. The quantitative estimate of drug-likeness (QED) is 0.730. The fourth-order valence-corrected chi connectivity index (χ4v) is 2.53. The van der Waals surface area contributed by atoms with Gasteiger partial charge in [-0.15, -0.1) is 10.2 Å². The van der Waals surface area contributed by atoms with Crippen LogP contribution in [0.15, 0.2) is 24.3 Å². The van der Waals surface area contributed by atoms with Crippen LogP contribution in [0.2, 0.25) is 0 Å². The van der Waals surface area contributed by atoms with Crippen LogP contribution in [0.3, 0.4) is 0 Å². The molecule has 6 nitrogen and oxygen atoms in total. The summed E-state index contributed by atoms with van der Waals surface area (Å²) in [5.74, 6) is 0.422. The second-order valence-corrected chi connectivity index (χ2v) is 4.69. The molecule has 18 heavy (non-hydrogen) atoms. The van der Waals surface area contributed by atoms with Crippen LogP contribution in [-0.4, -0.2) is 30.0 Å². The maximum absolute atomic E-state index is 9.11. The molecule has 0 saturated carbocycles. The van der Waals surface area contributed by atoms with E-state index in [0.717, 1.165) is 16.1 Å². The molecule has 0 amide bonds. The number of fused-ring (bicyclic) bond motifs is 1. The number of aromatic nitrogens is 4. The summed E-state index contributed by atoms with van der Waals surface area (Å²) in [6.45, 7) is -0.194. The van der Waals surface area contributed by atoms with Crippen LogP contribution >= 0.6 is 11.3 Å². The predicted octanol–water partition coefficient (Wildman–Crippen LogP) is 0.837. The molecule has 92 valence electrons. The molecule has 2 N–H and O–H groups in total. The second kappa shape index (κ2) is 4.45. The van der Waals surface area contributed by atoms with Gasteiger partial charge in [0.15, 0.2) is 5.82 Å². The summed E-state index contributed by atoms with van der Waals surface area (Å²) in [6, 6.07) is 7.52. The Bertz CT molecular complexity index is 691. The smallest absolute Gasteiger partial charge is 0.235 e. The first-order valence-corrected chi connectivity index (χ1v) is 6.15. The average Bonchev–Trinajstić information content (AvgIpc) is 2.98. The van der Waals surface area contributed by atoms with Crippen molar-refractivity contribution in [2.45, 2.75) is 13.2 Å². The zero-order chi connectivity index (χ0) is 12.5. The van der Waals surface area contributed by atoms with Crippen LogP contribution in [0.25, 0.3) is 15.5 Å². The first kappa shape index (κ1) is 11.3. The molecule has 0 unspecified atom stereocenters. The summed E-state index contributed by atoms with van der Waals surface area (Å²) in [6.07, 6.45) is 0. The molecule has 0 spiro atoms. The van der Waals surface area contributed by atoms with Gasteiger partial charge in [0.2, 0.25) is 4.96 Å². The van der Waals surface area contributed by atoms with E-state index in [1.807, 2.05) is 24.3 Å². The molecule has 0 atom stereocenters. The van der Waals surface area contributed by atoms with Gasteiger partial charge in [-0.25, -0.2) is 0 Å². The van der Waals surface area contributed by atoms with Gasteiger partial charge in [-0.3, -0.25) is 0 Å². The summed E-state index contributed by atoms with van der Waals surface area (Å²) in [5.41, 5.74) is 1.75. The number of aliphatic hydroxyl groups excluding tert-OH is 2. The summed E-state index contributed by atoms with van der Waals surface area (Å²) < 4.78 is 1.53. The summed E-state index contributed by atoms with van der Waals surface area (Å²) in [5, 5.41) is 31.1. The van der Waals surface area contributed by atoms with Crippen LogP contribution < -0.4 is 0 Å². The van der Waals surface area contributed by atoms with Crippen LogP contribution in [0, 0.1) is 0 Å². The highest BCUT2D eigenvalue weighted by molar-refractivity contribution is 7.19. The molecule has 3 rings (SSSR count). The minimum absolute atomic E-state index is 0.000203. The van der Waals surface area contributed by atoms with Crippen molar-refractivity contribution in [3.63, 3.8) is 0 Å². The normalized spacial score (nSPS) is 11.2. The molecule has 0 aliphatic carbocycles. The lowest BCUT2D eigenvalue weighted by Crippen LogP contribution is -1.95. The fraction of sp³-hybridized carbons (Fsp3) is 0.182. The standard InChI is InChI=1S/C11H10N4O2S/c16-5-7-2-1-3-8(4-7)10-14-15-9(6-17)12-13-11(15)18-10/h1-4,16-17H,5-6H2. The zero-order valence-electron chi connectivity index (χ0n) is 9.32. The Morgan fingerprint density at radius 3 is 2.83 bits per heavy atom. The van der Waals surface area contributed by atoms with E-state index in [0.29, 0.717) is 10.8 Å². The fourth-order valence-electron chi connectivity index (χ4n) is 1.68. The highest BCUT2D eigenvalue weighted by atomic mass is 32.1. The van der Waals surface area contributed by atoms with Gasteiger partial charge in [0, 0.05) is 5.56 Å². The number of hydrogen-bond donors (Lipinski definition) is 2. The SMILES string of the molecule is OCc1cccc(-c2nn3c(CO)nnc3s2)c1. The van der Waals surface area contributed by atoms with Crippen LogP contribution in [0.1, 0.15) is 11.4 Å². The van der Waals surface area contributed by atoms with Gasteiger partial charge >= 0.3 is 0 Å². The van der Waals surface area contributed by atoms with Crippen molar-refractivity contribution in [1.82, 2.24) is 19.8 Å². The van der Waals surface area contributed by atoms with Gasteiger partial charge in [0.05, 0.1) is 6.61 Å². The molecule has 1 aromatic carbocycles. The molecule has 0 saturated heterocycles. The van der Waals surface area contributed by atoms with E-state index in [-0.39, 0.29) is 13.2 Å². The molecule has 7 heteroatoms. The van der Waals surface area contributed by atoms with Gasteiger partial charge in [-0.2, -0.15) is 9.61 Å². The van der Waals surface area contributed by atoms with E-state index >= 15 is 0 Å².